The van der Waals surface area contributed by atoms with Gasteiger partial charge in [0.15, 0.2) is 52.9 Å². The van der Waals surface area contributed by atoms with E-state index in [2.05, 4.69) is 10.6 Å². The van der Waals surface area contributed by atoms with Crippen molar-refractivity contribution in [3.05, 3.63) is 235 Å². The van der Waals surface area contributed by atoms with Crippen molar-refractivity contribution in [2.24, 2.45) is 0 Å². The first-order chi connectivity index (χ1) is 53.6. The van der Waals surface area contributed by atoms with Gasteiger partial charge in [-0.15, -0.1) is 0 Å². The minimum absolute atomic E-state index is 0.0116. The van der Waals surface area contributed by atoms with Crippen molar-refractivity contribution in [3.63, 3.8) is 0 Å². The molecule has 0 spiro atoms. The Morgan fingerprint density at radius 3 is 0.473 bits per heavy atom. The van der Waals surface area contributed by atoms with E-state index in [0.717, 1.165) is 0 Å². The van der Waals surface area contributed by atoms with Crippen molar-refractivity contribution < 1.29 is 105 Å². The number of fused-ring (bicyclic) bond motifs is 16. The van der Waals surface area contributed by atoms with Crippen LogP contribution >= 0.6 is 0 Å². The summed E-state index contributed by atoms with van der Waals surface area (Å²) in [6.45, 7) is 7.82. The van der Waals surface area contributed by atoms with Crippen molar-refractivity contribution in [2.75, 3.05) is 106 Å². The van der Waals surface area contributed by atoms with Crippen molar-refractivity contribution >= 4 is 47.6 Å². The third kappa shape index (κ3) is 22.3. The van der Waals surface area contributed by atoms with E-state index < -0.39 is 87.3 Å². The number of carbonyl (C=O) groups excluding carboxylic acids is 8. The van der Waals surface area contributed by atoms with Crippen LogP contribution in [-0.4, -0.2) is 153 Å². The lowest BCUT2D eigenvalue weighted by atomic mass is 9.91. The number of hydrogen-bond donors (Lipinski definition) is 2. The van der Waals surface area contributed by atoms with Crippen molar-refractivity contribution in [1.82, 2.24) is 10.6 Å². The first-order valence-electron chi connectivity index (χ1n) is 36.9. The Balaban J connectivity index is 0.913. The Labute approximate surface area is 639 Å². The van der Waals surface area contributed by atoms with Gasteiger partial charge in [-0.25, -0.2) is 28.8 Å². The van der Waals surface area contributed by atoms with E-state index in [0.29, 0.717) is 135 Å². The topological polar surface area (TPSA) is 290 Å². The molecule has 0 aromatic heterocycles. The lowest BCUT2D eigenvalue weighted by molar-refractivity contribution is -0.146. The summed E-state index contributed by atoms with van der Waals surface area (Å²) >= 11 is 0. The lowest BCUT2D eigenvalue weighted by Gasteiger charge is -2.22. The molecule has 10 rings (SSSR count). The summed E-state index contributed by atoms with van der Waals surface area (Å²) in [6, 6.07) is 45.1. The maximum absolute atomic E-state index is 14.1. The highest BCUT2D eigenvalue weighted by Gasteiger charge is 2.28. The Bertz CT molecular complexity index is 4070. The summed E-state index contributed by atoms with van der Waals surface area (Å²) in [4.78, 5) is 106. The fraction of sp³-hybridized carbons (Fsp3) is 0.349. The molecule has 0 aliphatic heterocycles. The number of hydrogen-bond acceptors (Lipinski definition) is 22. The number of amides is 2. The first kappa shape index (κ1) is 80.5. The van der Waals surface area contributed by atoms with Crippen LogP contribution in [0.3, 0.4) is 0 Å². The normalized spacial score (nSPS) is 11.9. The predicted molar refractivity (Wildman–Crippen MR) is 404 cm³/mol. The summed E-state index contributed by atoms with van der Waals surface area (Å²) in [7, 11) is 0. The molecule has 24 nitrogen and oxygen atoms in total. The van der Waals surface area contributed by atoms with Gasteiger partial charge in [-0.2, -0.15) is 0 Å². The monoisotopic (exact) mass is 1500 g/mol. The standard InChI is InChI=1S/C86H92N2O22/c1-7-97-73(91)49-105-81-59-25-15-29-63(81)43-67-33-19-34-68(85(67)109-53-77(95)101-11-5)44-64-30-16-26-60(82(64)106-50-74(92)98-8-2)40-56-22-13-21-55(39-59)79(56)103-47-71(89)87-37-38-88-72(90)48-104-80-57-23-14-24-58(80)42-62-28-18-32-66(84(62)108-52-76(94)100-10-4)46-70-36-20-35-69(86(70)110-54-78(96)102-12-6)45-65-31-17-27-61(41-57)83(65)107-51-75(93)99-9-3/h13-36H,7-12,37-54H2,1-6H3,(H,87,89)(H,88,90). The highest BCUT2D eigenvalue weighted by Crippen LogP contribution is 2.42. The van der Waals surface area contributed by atoms with Crippen LogP contribution in [-0.2, 0) is 118 Å². The number of para-hydroxylation sites is 8. The van der Waals surface area contributed by atoms with Crippen LogP contribution in [0.1, 0.15) is 131 Å². The van der Waals surface area contributed by atoms with Crippen molar-refractivity contribution in [1.29, 1.82) is 0 Å². The number of carbonyl (C=O) groups is 8. The SMILES string of the molecule is CCOC(=O)COc1c2cccc1Cc1cccc(c1OCC(=O)OCC)Cc1cccc(c1OCC(=O)OCC)Cc1cccc(c1OCC(=O)NCCNC(=O)COc1c3cccc1Cc1cccc(c1OCC(=O)OCC)Cc1cccc(c1OCC(=O)OCC)Cc1cccc(c1OCC(=O)OCC)C3)C2. The van der Waals surface area contributed by atoms with Gasteiger partial charge >= 0.3 is 35.8 Å². The minimum atomic E-state index is -0.574. The van der Waals surface area contributed by atoms with E-state index in [4.69, 9.17) is 66.3 Å². The van der Waals surface area contributed by atoms with Gasteiger partial charge < -0.3 is 76.9 Å². The molecule has 0 saturated carbocycles. The highest BCUT2D eigenvalue weighted by molar-refractivity contribution is 5.79. The van der Waals surface area contributed by atoms with Gasteiger partial charge in [-0.05, 0) is 131 Å². The zero-order valence-corrected chi connectivity index (χ0v) is 62.8. The van der Waals surface area contributed by atoms with E-state index in [-0.39, 0.29) is 117 Å². The molecule has 0 fully saturated rings. The summed E-state index contributed by atoms with van der Waals surface area (Å²) < 4.78 is 83.4. The predicted octanol–water partition coefficient (Wildman–Crippen LogP) is 10.4. The number of benzene rings is 8. The average Bonchev–Trinajstić information content (AvgIpc) is 0.769. The van der Waals surface area contributed by atoms with Crippen LogP contribution in [0.15, 0.2) is 146 Å². The average molecular weight is 1510 g/mol. The van der Waals surface area contributed by atoms with Gasteiger partial charge in [0.05, 0.1) is 39.6 Å². The molecule has 24 heteroatoms. The van der Waals surface area contributed by atoms with Crippen LogP contribution in [0.4, 0.5) is 0 Å². The molecule has 0 radical (unpaired) electrons. The van der Waals surface area contributed by atoms with Gasteiger partial charge in [0.1, 0.15) is 46.0 Å². The molecular formula is C86H92N2O22. The second-order valence-corrected chi connectivity index (χ2v) is 25.5. The smallest absolute Gasteiger partial charge is 0.344 e. The Kier molecular flexibility index (Phi) is 29.8. The summed E-state index contributed by atoms with van der Waals surface area (Å²) in [6.07, 6.45) is 1.61. The molecule has 8 aromatic carbocycles. The summed E-state index contributed by atoms with van der Waals surface area (Å²) in [5.41, 5.74) is 10.8. The highest BCUT2D eigenvalue weighted by atomic mass is 16.6. The van der Waals surface area contributed by atoms with Crippen LogP contribution in [0.25, 0.3) is 0 Å². The number of ether oxygens (including phenoxy) is 14. The molecule has 110 heavy (non-hydrogen) atoms. The minimum Gasteiger partial charge on any atom is -0.483 e. The Morgan fingerprint density at radius 2 is 0.345 bits per heavy atom. The van der Waals surface area contributed by atoms with Gasteiger partial charge in [0, 0.05) is 64.5 Å². The molecular weight excluding hydrogens is 1410 g/mol. The van der Waals surface area contributed by atoms with Gasteiger partial charge in [0.2, 0.25) is 0 Å². The fourth-order valence-electron chi connectivity index (χ4n) is 13.2. The molecule has 0 heterocycles. The van der Waals surface area contributed by atoms with E-state index >= 15 is 0 Å². The Morgan fingerprint density at radius 1 is 0.218 bits per heavy atom. The van der Waals surface area contributed by atoms with E-state index in [1.54, 1.807) is 41.5 Å². The zero-order valence-electron chi connectivity index (χ0n) is 62.8. The zero-order chi connectivity index (χ0) is 77.7. The molecule has 0 saturated heterocycles. The largest absolute Gasteiger partial charge is 0.483 e. The molecule has 578 valence electrons. The molecule has 2 aliphatic carbocycles. The van der Waals surface area contributed by atoms with Gasteiger partial charge in [-0.3, -0.25) is 9.59 Å². The second-order valence-electron chi connectivity index (χ2n) is 25.5. The Hall–Kier alpha value is -12.1. The van der Waals surface area contributed by atoms with Crippen molar-refractivity contribution in [3.8, 4) is 46.0 Å². The second kappa shape index (κ2) is 40.8. The van der Waals surface area contributed by atoms with Crippen LogP contribution < -0.4 is 48.5 Å². The van der Waals surface area contributed by atoms with E-state index in [1.807, 2.05) is 146 Å². The first-order valence-corrected chi connectivity index (χ1v) is 36.9. The quantitative estimate of drug-likeness (QED) is 0.0219. The van der Waals surface area contributed by atoms with E-state index in [9.17, 15) is 38.4 Å². The number of nitrogens with one attached hydrogen (secondary N) is 2. The van der Waals surface area contributed by atoms with E-state index in [1.165, 1.54) is 0 Å². The molecule has 16 bridgehead atoms. The molecule has 2 amide bonds. The van der Waals surface area contributed by atoms with Gasteiger partial charge in [-0.1, -0.05) is 146 Å². The van der Waals surface area contributed by atoms with Crippen LogP contribution in [0, 0.1) is 0 Å². The molecule has 2 aliphatic rings. The third-order valence-electron chi connectivity index (χ3n) is 17.8. The fourth-order valence-corrected chi connectivity index (χ4v) is 13.2. The maximum Gasteiger partial charge on any atom is 0.344 e. The molecule has 0 unspecified atom stereocenters. The molecule has 8 aromatic rings. The van der Waals surface area contributed by atoms with Crippen LogP contribution in [0.2, 0.25) is 0 Å². The lowest BCUT2D eigenvalue weighted by Crippen LogP contribution is -2.38. The van der Waals surface area contributed by atoms with Crippen LogP contribution in [0.5, 0.6) is 46.0 Å². The number of esters is 6. The molecule has 0 atom stereocenters. The maximum atomic E-state index is 14.1. The third-order valence-corrected chi connectivity index (χ3v) is 17.8. The summed E-state index contributed by atoms with van der Waals surface area (Å²) in [5, 5.41) is 5.75. The molecule has 2 N–H and O–H groups in total. The summed E-state index contributed by atoms with van der Waals surface area (Å²) in [5.74, 6) is -1.20. The van der Waals surface area contributed by atoms with Gasteiger partial charge in [0.25, 0.3) is 11.8 Å². The number of rotatable bonds is 33. The van der Waals surface area contributed by atoms with Crippen molar-refractivity contribution in [2.45, 2.75) is 92.9 Å².